The summed E-state index contributed by atoms with van der Waals surface area (Å²) < 4.78 is 22.0. The van der Waals surface area contributed by atoms with Gasteiger partial charge < -0.3 is 18.6 Å². The highest BCUT2D eigenvalue weighted by molar-refractivity contribution is 6.01. The quantitative estimate of drug-likeness (QED) is 0.303. The summed E-state index contributed by atoms with van der Waals surface area (Å²) in [6.45, 7) is 1.54. The maximum absolute atomic E-state index is 12.4. The van der Waals surface area contributed by atoms with E-state index < -0.39 is 5.63 Å². The fourth-order valence-electron chi connectivity index (χ4n) is 3.79. The number of benzene rings is 3. The van der Waals surface area contributed by atoms with Crippen molar-refractivity contribution in [1.29, 1.82) is 0 Å². The van der Waals surface area contributed by atoms with Crippen LogP contribution in [0.3, 0.4) is 0 Å². The fourth-order valence-corrected chi connectivity index (χ4v) is 3.79. The molecule has 0 aliphatic rings. The van der Waals surface area contributed by atoms with Crippen LogP contribution in [0.15, 0.2) is 69.9 Å². The number of hydrogen-bond acceptors (Lipinski definition) is 6. The lowest BCUT2D eigenvalue weighted by atomic mass is 9.96. The molecule has 4 rings (SSSR count). The molecule has 1 aromatic heterocycles. The molecule has 0 aliphatic carbocycles. The summed E-state index contributed by atoms with van der Waals surface area (Å²) in [5.41, 5.74) is 3.85. The molecule has 0 N–H and O–H groups in total. The first-order valence-corrected chi connectivity index (χ1v) is 9.95. The zero-order valence-corrected chi connectivity index (χ0v) is 18.2. The summed E-state index contributed by atoms with van der Waals surface area (Å²) in [6.07, 6.45) is 0. The molecule has 0 unspecified atom stereocenters. The number of ketones is 1. The summed E-state index contributed by atoms with van der Waals surface area (Å²) >= 11 is 0. The summed E-state index contributed by atoms with van der Waals surface area (Å²) in [6, 6.07) is 18.3. The van der Waals surface area contributed by atoms with Crippen molar-refractivity contribution in [3.8, 4) is 39.5 Å². The molecule has 1 heterocycles. The van der Waals surface area contributed by atoms with Gasteiger partial charge in [-0.25, -0.2) is 4.79 Å². The molecule has 0 radical (unpaired) electrons. The van der Waals surface area contributed by atoms with E-state index in [1.165, 1.54) is 27.4 Å². The second-order valence-corrected chi connectivity index (χ2v) is 7.21. The second kappa shape index (κ2) is 8.59. The Morgan fingerprint density at radius 1 is 0.781 bits per heavy atom. The molecular formula is C26H22O6. The molecular weight excluding hydrogens is 408 g/mol. The fraction of sp³-hybridized carbons (Fsp3) is 0.154. The second-order valence-electron chi connectivity index (χ2n) is 7.21. The molecule has 6 nitrogen and oxygen atoms in total. The standard InChI is InChI=1S/C26H22O6/c1-15(27)16-8-10-17(11-9-16)18-6-5-7-19(12-18)20-13-23(28)32-21-14-22(29-2)25(30-3)26(31-4)24(20)21/h5-14H,1-4H3. The highest BCUT2D eigenvalue weighted by atomic mass is 16.5. The van der Waals surface area contributed by atoms with E-state index in [-0.39, 0.29) is 5.78 Å². The van der Waals surface area contributed by atoms with Gasteiger partial charge in [0.2, 0.25) is 5.75 Å². The van der Waals surface area contributed by atoms with Crippen molar-refractivity contribution in [2.75, 3.05) is 21.3 Å². The maximum Gasteiger partial charge on any atom is 0.336 e. The number of ether oxygens (including phenoxy) is 3. The summed E-state index contributed by atoms with van der Waals surface area (Å²) in [7, 11) is 4.56. The molecule has 32 heavy (non-hydrogen) atoms. The summed E-state index contributed by atoms with van der Waals surface area (Å²) in [5, 5.41) is 0.605. The zero-order chi connectivity index (χ0) is 22.8. The average Bonchev–Trinajstić information content (AvgIpc) is 2.82. The number of rotatable bonds is 6. The van der Waals surface area contributed by atoms with E-state index in [1.54, 1.807) is 25.1 Å². The molecule has 162 valence electrons. The highest BCUT2D eigenvalue weighted by Crippen LogP contribution is 2.46. The van der Waals surface area contributed by atoms with Crippen LogP contribution >= 0.6 is 0 Å². The minimum atomic E-state index is -0.488. The number of fused-ring (bicyclic) bond motifs is 1. The first-order chi connectivity index (χ1) is 15.5. The largest absolute Gasteiger partial charge is 0.493 e. The molecule has 0 atom stereocenters. The maximum atomic E-state index is 12.4. The van der Waals surface area contributed by atoms with Gasteiger partial charge in [0.15, 0.2) is 17.3 Å². The van der Waals surface area contributed by atoms with Crippen LogP contribution in [-0.4, -0.2) is 27.1 Å². The van der Waals surface area contributed by atoms with E-state index in [0.29, 0.717) is 39.3 Å². The van der Waals surface area contributed by atoms with Gasteiger partial charge in [-0.2, -0.15) is 0 Å². The Hall–Kier alpha value is -4.06. The van der Waals surface area contributed by atoms with Gasteiger partial charge in [-0.05, 0) is 29.7 Å². The SMILES string of the molecule is COc1cc2oc(=O)cc(-c3cccc(-c4ccc(C(C)=O)cc4)c3)c2c(OC)c1OC. The van der Waals surface area contributed by atoms with Gasteiger partial charge in [-0.3, -0.25) is 4.79 Å². The van der Waals surface area contributed by atoms with Gasteiger partial charge in [0.25, 0.3) is 0 Å². The van der Waals surface area contributed by atoms with Gasteiger partial charge in [0.1, 0.15) is 5.58 Å². The third-order valence-corrected chi connectivity index (χ3v) is 5.33. The predicted octanol–water partition coefficient (Wildman–Crippen LogP) is 5.36. The number of methoxy groups -OCH3 is 3. The van der Waals surface area contributed by atoms with Gasteiger partial charge in [-0.15, -0.1) is 0 Å². The molecule has 0 amide bonds. The number of hydrogen-bond donors (Lipinski definition) is 0. The summed E-state index contributed by atoms with van der Waals surface area (Å²) in [5.74, 6) is 1.24. The molecule has 6 heteroatoms. The normalized spacial score (nSPS) is 10.8. The topological polar surface area (TPSA) is 75.0 Å². The Morgan fingerprint density at radius 3 is 2.09 bits per heavy atom. The van der Waals surface area contributed by atoms with E-state index in [1.807, 2.05) is 36.4 Å². The van der Waals surface area contributed by atoms with Crippen LogP contribution in [-0.2, 0) is 0 Å². The Kier molecular flexibility index (Phi) is 5.69. The van der Waals surface area contributed by atoms with Crippen molar-refractivity contribution < 1.29 is 23.4 Å². The van der Waals surface area contributed by atoms with Crippen molar-refractivity contribution in [2.45, 2.75) is 6.92 Å². The average molecular weight is 430 g/mol. The van der Waals surface area contributed by atoms with Crippen molar-refractivity contribution >= 4 is 16.8 Å². The Balaban J connectivity index is 1.95. The Morgan fingerprint density at radius 2 is 1.47 bits per heavy atom. The van der Waals surface area contributed by atoms with E-state index >= 15 is 0 Å². The van der Waals surface area contributed by atoms with Crippen LogP contribution in [0, 0.1) is 0 Å². The lowest BCUT2D eigenvalue weighted by Crippen LogP contribution is -2.02. The molecule has 0 saturated heterocycles. The summed E-state index contributed by atoms with van der Waals surface area (Å²) in [4.78, 5) is 24.0. The number of Topliss-reactive ketones (excluding diaryl/α,β-unsaturated/α-hetero) is 1. The molecule has 0 aliphatic heterocycles. The van der Waals surface area contributed by atoms with Crippen LogP contribution in [0.4, 0.5) is 0 Å². The van der Waals surface area contributed by atoms with Crippen molar-refractivity contribution in [1.82, 2.24) is 0 Å². The lowest BCUT2D eigenvalue weighted by Gasteiger charge is -2.16. The van der Waals surface area contributed by atoms with Gasteiger partial charge >= 0.3 is 5.63 Å². The highest BCUT2D eigenvalue weighted by Gasteiger charge is 2.21. The first kappa shape index (κ1) is 21.2. The van der Waals surface area contributed by atoms with Crippen LogP contribution in [0.25, 0.3) is 33.2 Å². The van der Waals surface area contributed by atoms with Crippen LogP contribution in [0.2, 0.25) is 0 Å². The molecule has 0 fully saturated rings. The van der Waals surface area contributed by atoms with E-state index in [0.717, 1.165) is 16.7 Å². The molecule has 4 aromatic rings. The van der Waals surface area contributed by atoms with Gasteiger partial charge in [0, 0.05) is 23.3 Å². The van der Waals surface area contributed by atoms with Gasteiger partial charge in [0.05, 0.1) is 26.7 Å². The monoisotopic (exact) mass is 430 g/mol. The minimum absolute atomic E-state index is 0.0178. The number of carbonyl (C=O) groups is 1. The van der Waals surface area contributed by atoms with E-state index in [2.05, 4.69) is 0 Å². The Bertz CT molecular complexity index is 1370. The zero-order valence-electron chi connectivity index (χ0n) is 18.2. The molecule has 0 spiro atoms. The number of carbonyl (C=O) groups excluding carboxylic acids is 1. The van der Waals surface area contributed by atoms with Crippen LogP contribution in [0.1, 0.15) is 17.3 Å². The van der Waals surface area contributed by atoms with Crippen molar-refractivity contribution in [3.63, 3.8) is 0 Å². The third kappa shape index (κ3) is 3.71. The third-order valence-electron chi connectivity index (χ3n) is 5.33. The molecule has 0 bridgehead atoms. The van der Waals surface area contributed by atoms with E-state index in [4.69, 9.17) is 18.6 Å². The minimum Gasteiger partial charge on any atom is -0.493 e. The van der Waals surface area contributed by atoms with Gasteiger partial charge in [-0.1, -0.05) is 42.5 Å². The molecule has 3 aromatic carbocycles. The molecule has 0 saturated carbocycles. The lowest BCUT2D eigenvalue weighted by molar-refractivity contribution is 0.101. The van der Waals surface area contributed by atoms with Crippen LogP contribution in [0.5, 0.6) is 17.2 Å². The smallest absolute Gasteiger partial charge is 0.336 e. The van der Waals surface area contributed by atoms with E-state index in [9.17, 15) is 9.59 Å². The first-order valence-electron chi connectivity index (χ1n) is 9.95. The predicted molar refractivity (Wildman–Crippen MR) is 123 cm³/mol. The van der Waals surface area contributed by atoms with Crippen LogP contribution < -0.4 is 19.8 Å². The Labute approximate surface area is 185 Å². The van der Waals surface area contributed by atoms with Crippen molar-refractivity contribution in [2.24, 2.45) is 0 Å². The van der Waals surface area contributed by atoms with Crippen molar-refractivity contribution in [3.05, 3.63) is 76.6 Å².